The molecule has 6 nitrogen and oxygen atoms in total. The average molecular weight is 339 g/mol. The number of nitrogens with zero attached hydrogens (tertiary/aromatic N) is 3. The number of aromatic nitrogens is 2. The predicted octanol–water partition coefficient (Wildman–Crippen LogP) is 2.53. The highest BCUT2D eigenvalue weighted by Crippen LogP contribution is 2.39. The molecule has 126 valence electrons. The van der Waals surface area contributed by atoms with E-state index in [2.05, 4.69) is 20.0 Å². The lowest BCUT2D eigenvalue weighted by atomic mass is 10.00. The van der Waals surface area contributed by atoms with Crippen molar-refractivity contribution >= 4 is 5.71 Å². The molecule has 0 saturated carbocycles. The highest BCUT2D eigenvalue weighted by molar-refractivity contribution is 6.01. The van der Waals surface area contributed by atoms with Crippen LogP contribution in [0.25, 0.3) is 11.1 Å². The first-order valence-corrected chi connectivity index (χ1v) is 6.83. The zero-order valence-corrected chi connectivity index (χ0v) is 12.4. The van der Waals surface area contributed by atoms with Crippen molar-refractivity contribution < 1.29 is 27.9 Å². The van der Waals surface area contributed by atoms with E-state index in [4.69, 9.17) is 4.74 Å². The maximum absolute atomic E-state index is 12.7. The molecule has 0 radical (unpaired) electrons. The van der Waals surface area contributed by atoms with Gasteiger partial charge in [-0.05, 0) is 11.1 Å². The molecule has 1 N–H and O–H groups in total. The summed E-state index contributed by atoms with van der Waals surface area (Å²) in [5.74, 6) is -2.90. The molecule has 1 atom stereocenters. The zero-order chi connectivity index (χ0) is 17.4. The van der Waals surface area contributed by atoms with Gasteiger partial charge in [0.25, 0.3) is 0 Å². The molecule has 0 amide bonds. The lowest BCUT2D eigenvalue weighted by molar-refractivity contribution is -0.355. The molecule has 1 aliphatic heterocycles. The van der Waals surface area contributed by atoms with Gasteiger partial charge in [0.2, 0.25) is 5.88 Å². The van der Waals surface area contributed by atoms with Gasteiger partial charge >= 0.3 is 12.0 Å². The highest BCUT2D eigenvalue weighted by atomic mass is 19.4. The van der Waals surface area contributed by atoms with Gasteiger partial charge in [0, 0.05) is 6.20 Å². The normalized spacial score (nSPS) is 20.5. The van der Waals surface area contributed by atoms with Gasteiger partial charge in [-0.2, -0.15) is 13.2 Å². The smallest absolute Gasteiger partial charge is 0.458 e. The van der Waals surface area contributed by atoms with Gasteiger partial charge in [0.05, 0.1) is 24.8 Å². The fraction of sp³-hybridized carbons (Fsp3) is 0.267. The summed E-state index contributed by atoms with van der Waals surface area (Å²) in [6.45, 7) is 0. The van der Waals surface area contributed by atoms with Gasteiger partial charge in [-0.15, -0.1) is 0 Å². The average Bonchev–Trinajstić information content (AvgIpc) is 2.98. The molecular weight excluding hydrogens is 327 g/mol. The number of benzene rings is 1. The monoisotopic (exact) mass is 339 g/mol. The van der Waals surface area contributed by atoms with Crippen LogP contribution in [0.5, 0.6) is 5.88 Å². The van der Waals surface area contributed by atoms with Crippen LogP contribution in [0, 0.1) is 0 Å². The van der Waals surface area contributed by atoms with Crippen LogP contribution in [0.1, 0.15) is 12.0 Å². The van der Waals surface area contributed by atoms with Crippen LogP contribution in [-0.2, 0) is 4.84 Å². The summed E-state index contributed by atoms with van der Waals surface area (Å²) in [4.78, 5) is 12.1. The van der Waals surface area contributed by atoms with E-state index in [1.54, 1.807) is 30.5 Å². The number of hydrogen-bond donors (Lipinski definition) is 1. The van der Waals surface area contributed by atoms with Crippen molar-refractivity contribution in [2.75, 3.05) is 7.11 Å². The molecular formula is C15H12F3N3O3. The van der Waals surface area contributed by atoms with Gasteiger partial charge < -0.3 is 14.7 Å². The minimum Gasteiger partial charge on any atom is -0.480 e. The summed E-state index contributed by atoms with van der Waals surface area (Å²) in [5.41, 5.74) is 1.79. The molecule has 0 aliphatic carbocycles. The molecule has 9 heteroatoms. The Morgan fingerprint density at radius 1 is 1.21 bits per heavy atom. The Balaban J connectivity index is 1.84. The van der Waals surface area contributed by atoms with E-state index in [0.29, 0.717) is 17.0 Å². The number of hydrogen-bond acceptors (Lipinski definition) is 6. The Hall–Kier alpha value is -2.68. The second-order valence-electron chi connectivity index (χ2n) is 5.11. The molecule has 0 spiro atoms. The summed E-state index contributed by atoms with van der Waals surface area (Å²) in [5, 5.41) is 12.8. The Morgan fingerprint density at radius 2 is 1.88 bits per heavy atom. The van der Waals surface area contributed by atoms with Crippen LogP contribution in [0.3, 0.4) is 0 Å². The van der Waals surface area contributed by atoms with E-state index in [1.165, 1.54) is 13.4 Å². The molecule has 1 aliphatic rings. The molecule has 1 aromatic heterocycles. The first-order chi connectivity index (χ1) is 11.3. The molecule has 1 aromatic carbocycles. The summed E-state index contributed by atoms with van der Waals surface area (Å²) < 4.78 is 43.3. The van der Waals surface area contributed by atoms with E-state index in [0.717, 1.165) is 5.56 Å². The summed E-state index contributed by atoms with van der Waals surface area (Å²) in [6, 6.07) is 6.49. The Bertz CT molecular complexity index is 778. The molecule has 2 aromatic rings. The maximum Gasteiger partial charge on any atom is 0.458 e. The lowest BCUT2D eigenvalue weighted by Crippen LogP contribution is -2.45. The number of alkyl halides is 3. The van der Waals surface area contributed by atoms with Crippen molar-refractivity contribution in [3.05, 3.63) is 42.4 Å². The van der Waals surface area contributed by atoms with Crippen molar-refractivity contribution in [2.45, 2.75) is 18.4 Å². The van der Waals surface area contributed by atoms with Crippen molar-refractivity contribution in [1.82, 2.24) is 9.97 Å². The van der Waals surface area contributed by atoms with Crippen LogP contribution in [0.15, 0.2) is 41.9 Å². The number of ether oxygens (including phenoxy) is 1. The third-order valence-electron chi connectivity index (χ3n) is 3.56. The first kappa shape index (κ1) is 16.2. The standard InChI is InChI=1S/C15H12F3N3O3/c1-23-13-11(7-19-8-20-13)9-2-4-10(5-3-9)12-6-14(22,24-21-12)15(16,17)18/h2-5,7-8,22H,6H2,1H3. The van der Waals surface area contributed by atoms with E-state index in [-0.39, 0.29) is 5.71 Å². The van der Waals surface area contributed by atoms with Crippen LogP contribution in [0.4, 0.5) is 13.2 Å². The summed E-state index contributed by atoms with van der Waals surface area (Å²) >= 11 is 0. The molecule has 0 saturated heterocycles. The van der Waals surface area contributed by atoms with Crippen LogP contribution in [-0.4, -0.2) is 39.9 Å². The second kappa shape index (κ2) is 5.75. The largest absolute Gasteiger partial charge is 0.480 e. The molecule has 3 rings (SSSR count). The van der Waals surface area contributed by atoms with Gasteiger partial charge in [0.15, 0.2) is 0 Å². The van der Waals surface area contributed by atoms with E-state index < -0.39 is 18.4 Å². The number of methoxy groups -OCH3 is 1. The van der Waals surface area contributed by atoms with E-state index in [1.807, 2.05) is 0 Å². The number of oxime groups is 1. The lowest BCUT2D eigenvalue weighted by Gasteiger charge is -2.22. The molecule has 24 heavy (non-hydrogen) atoms. The zero-order valence-electron chi connectivity index (χ0n) is 12.4. The van der Waals surface area contributed by atoms with Crippen molar-refractivity contribution in [1.29, 1.82) is 0 Å². The Kier molecular flexibility index (Phi) is 3.88. The Morgan fingerprint density at radius 3 is 2.46 bits per heavy atom. The van der Waals surface area contributed by atoms with Gasteiger partial charge in [0.1, 0.15) is 6.33 Å². The first-order valence-electron chi connectivity index (χ1n) is 6.83. The van der Waals surface area contributed by atoms with E-state index >= 15 is 0 Å². The number of halogens is 3. The molecule has 0 bridgehead atoms. The van der Waals surface area contributed by atoms with Crippen molar-refractivity contribution in [2.24, 2.45) is 5.16 Å². The van der Waals surface area contributed by atoms with E-state index in [9.17, 15) is 18.3 Å². The quantitative estimate of drug-likeness (QED) is 0.930. The SMILES string of the molecule is COc1ncncc1-c1ccc(C2=NOC(O)(C(F)(F)F)C2)cc1. The van der Waals surface area contributed by atoms with Gasteiger partial charge in [-0.25, -0.2) is 9.97 Å². The van der Waals surface area contributed by atoms with Crippen LogP contribution in [0.2, 0.25) is 0 Å². The Labute approximate surface area is 134 Å². The summed E-state index contributed by atoms with van der Waals surface area (Å²) in [7, 11) is 1.47. The van der Waals surface area contributed by atoms with Crippen LogP contribution >= 0.6 is 0 Å². The third-order valence-corrected chi connectivity index (χ3v) is 3.56. The second-order valence-corrected chi connectivity index (χ2v) is 5.11. The van der Waals surface area contributed by atoms with Crippen molar-refractivity contribution in [3.8, 4) is 17.0 Å². The molecule has 1 unspecified atom stereocenters. The third kappa shape index (κ3) is 2.78. The van der Waals surface area contributed by atoms with Crippen molar-refractivity contribution in [3.63, 3.8) is 0 Å². The minimum absolute atomic E-state index is 0.0117. The molecule has 2 heterocycles. The fourth-order valence-electron chi connectivity index (χ4n) is 2.25. The topological polar surface area (TPSA) is 76.8 Å². The highest BCUT2D eigenvalue weighted by Gasteiger charge is 2.60. The minimum atomic E-state index is -4.92. The van der Waals surface area contributed by atoms with Gasteiger partial charge in [-0.3, -0.25) is 0 Å². The predicted molar refractivity (Wildman–Crippen MR) is 77.3 cm³/mol. The number of aliphatic hydroxyl groups is 1. The maximum atomic E-state index is 12.7. The number of rotatable bonds is 3. The summed E-state index contributed by atoms with van der Waals surface area (Å²) in [6.07, 6.45) is -2.78. The van der Waals surface area contributed by atoms with Gasteiger partial charge in [-0.1, -0.05) is 29.4 Å². The molecule has 0 fully saturated rings. The fourth-order valence-corrected chi connectivity index (χ4v) is 2.25. The van der Waals surface area contributed by atoms with Crippen LogP contribution < -0.4 is 4.74 Å².